The third-order valence-corrected chi connectivity index (χ3v) is 5.60. The molecule has 2 amide bonds. The topological polar surface area (TPSA) is 91.2 Å². The Morgan fingerprint density at radius 2 is 2.10 bits per heavy atom. The summed E-state index contributed by atoms with van der Waals surface area (Å²) in [5.41, 5.74) is 1.88. The van der Waals surface area contributed by atoms with Crippen LogP contribution in [0.5, 0.6) is 5.75 Å². The number of amides is 2. The average molecular weight is 428 g/mol. The van der Waals surface area contributed by atoms with Gasteiger partial charge in [0, 0.05) is 29.1 Å². The fourth-order valence-corrected chi connectivity index (χ4v) is 3.95. The van der Waals surface area contributed by atoms with Gasteiger partial charge in [0.25, 0.3) is 0 Å². The molecule has 0 saturated heterocycles. The number of anilines is 1. The van der Waals surface area contributed by atoms with E-state index in [1.807, 2.05) is 0 Å². The molecular formula is C21H18ClN3O3S. The van der Waals surface area contributed by atoms with Crippen molar-refractivity contribution in [3.8, 4) is 11.8 Å². The van der Waals surface area contributed by atoms with Crippen LogP contribution < -0.4 is 15.4 Å². The van der Waals surface area contributed by atoms with Crippen molar-refractivity contribution in [1.29, 1.82) is 5.26 Å². The van der Waals surface area contributed by atoms with Gasteiger partial charge in [0.15, 0.2) is 0 Å². The molecule has 8 heteroatoms. The Bertz CT molecular complexity index is 999. The predicted molar refractivity (Wildman–Crippen MR) is 114 cm³/mol. The summed E-state index contributed by atoms with van der Waals surface area (Å²) in [4.78, 5) is 24.5. The minimum absolute atomic E-state index is 0.0470. The number of ether oxygens (including phenoxy) is 1. The zero-order chi connectivity index (χ0) is 20.8. The van der Waals surface area contributed by atoms with Crippen LogP contribution in [0.3, 0.4) is 0 Å². The van der Waals surface area contributed by atoms with E-state index in [1.165, 1.54) is 0 Å². The number of hydrogen-bond donors (Lipinski definition) is 2. The SMILES string of the molecule is COc1cccc(NC(=O)CSC2=C(C#N)[C@H](c3ccc(Cl)cc3)CC(=O)N2)c1. The van der Waals surface area contributed by atoms with Crippen molar-refractivity contribution in [3.63, 3.8) is 0 Å². The van der Waals surface area contributed by atoms with Crippen molar-refractivity contribution >= 4 is 40.9 Å². The van der Waals surface area contributed by atoms with Gasteiger partial charge in [-0.15, -0.1) is 0 Å². The van der Waals surface area contributed by atoms with Gasteiger partial charge in [-0.05, 0) is 29.8 Å². The standard InChI is InChI=1S/C21H18ClN3O3S/c1-28-16-4-2-3-15(9-16)24-20(27)12-29-21-18(11-23)17(10-19(26)25-21)13-5-7-14(22)8-6-13/h2-9,17H,10,12H2,1H3,(H,24,27)(H,25,26)/t17-/m0/s1. The molecule has 0 aromatic heterocycles. The van der Waals surface area contributed by atoms with E-state index in [0.717, 1.165) is 17.3 Å². The van der Waals surface area contributed by atoms with E-state index in [1.54, 1.807) is 55.6 Å². The van der Waals surface area contributed by atoms with Crippen LogP contribution >= 0.6 is 23.4 Å². The first-order valence-electron chi connectivity index (χ1n) is 8.76. The van der Waals surface area contributed by atoms with Gasteiger partial charge >= 0.3 is 0 Å². The number of nitriles is 1. The number of hydrogen-bond acceptors (Lipinski definition) is 5. The van der Waals surface area contributed by atoms with Crippen LogP contribution in [-0.2, 0) is 9.59 Å². The zero-order valence-corrected chi connectivity index (χ0v) is 17.1. The molecule has 1 heterocycles. The van der Waals surface area contributed by atoms with Crippen LogP contribution in [0.4, 0.5) is 5.69 Å². The number of rotatable bonds is 6. The Hall–Kier alpha value is -2.95. The smallest absolute Gasteiger partial charge is 0.234 e. The molecule has 0 spiro atoms. The van der Waals surface area contributed by atoms with Gasteiger partial charge in [-0.25, -0.2) is 0 Å². The van der Waals surface area contributed by atoms with E-state index in [9.17, 15) is 14.9 Å². The number of thioether (sulfide) groups is 1. The molecule has 148 valence electrons. The highest BCUT2D eigenvalue weighted by Gasteiger charge is 2.29. The fourth-order valence-electron chi connectivity index (χ4n) is 2.95. The monoisotopic (exact) mass is 427 g/mol. The van der Waals surface area contributed by atoms with E-state index in [0.29, 0.717) is 27.1 Å². The lowest BCUT2D eigenvalue weighted by Gasteiger charge is -2.25. The molecule has 0 radical (unpaired) electrons. The van der Waals surface area contributed by atoms with Crippen LogP contribution in [0.15, 0.2) is 59.1 Å². The summed E-state index contributed by atoms with van der Waals surface area (Å²) < 4.78 is 5.14. The Labute approximate surface area is 177 Å². The number of benzene rings is 2. The number of halogens is 1. The summed E-state index contributed by atoms with van der Waals surface area (Å²) in [7, 11) is 1.55. The van der Waals surface area contributed by atoms with Crippen LogP contribution in [0.1, 0.15) is 17.9 Å². The van der Waals surface area contributed by atoms with Crippen molar-refractivity contribution in [3.05, 3.63) is 69.7 Å². The second-order valence-corrected chi connectivity index (χ2v) is 7.70. The molecule has 1 aliphatic heterocycles. The van der Waals surface area contributed by atoms with Gasteiger partial charge in [-0.1, -0.05) is 41.6 Å². The minimum atomic E-state index is -0.366. The van der Waals surface area contributed by atoms with Gasteiger partial charge < -0.3 is 15.4 Å². The van der Waals surface area contributed by atoms with E-state index in [2.05, 4.69) is 16.7 Å². The Kier molecular flexibility index (Phi) is 6.81. The molecule has 0 fully saturated rings. The summed E-state index contributed by atoms with van der Waals surface area (Å²) >= 11 is 7.06. The molecule has 1 aliphatic rings. The number of allylic oxidation sites excluding steroid dienone is 1. The lowest BCUT2D eigenvalue weighted by atomic mass is 9.87. The molecule has 1 atom stereocenters. The molecule has 2 aromatic carbocycles. The maximum absolute atomic E-state index is 12.3. The van der Waals surface area contributed by atoms with Gasteiger partial charge in [-0.2, -0.15) is 5.26 Å². The molecule has 0 unspecified atom stereocenters. The van der Waals surface area contributed by atoms with Crippen molar-refractivity contribution in [2.45, 2.75) is 12.3 Å². The van der Waals surface area contributed by atoms with Crippen LogP contribution in [0, 0.1) is 11.3 Å². The van der Waals surface area contributed by atoms with E-state index < -0.39 is 0 Å². The number of methoxy groups -OCH3 is 1. The predicted octanol–water partition coefficient (Wildman–Crippen LogP) is 4.06. The molecule has 0 bridgehead atoms. The molecule has 0 saturated carbocycles. The summed E-state index contributed by atoms with van der Waals surface area (Å²) in [5.74, 6) is -0.133. The summed E-state index contributed by atoms with van der Waals surface area (Å²) in [6, 6.07) is 16.3. The van der Waals surface area contributed by atoms with E-state index >= 15 is 0 Å². The van der Waals surface area contributed by atoms with Gasteiger partial charge in [0.05, 0.1) is 29.5 Å². The van der Waals surface area contributed by atoms with Crippen molar-refractivity contribution in [1.82, 2.24) is 5.32 Å². The molecule has 3 rings (SSSR count). The first kappa shape index (κ1) is 20.8. The quantitative estimate of drug-likeness (QED) is 0.725. The summed E-state index contributed by atoms with van der Waals surface area (Å²) in [6.45, 7) is 0. The number of nitrogens with one attached hydrogen (secondary N) is 2. The largest absolute Gasteiger partial charge is 0.497 e. The second kappa shape index (κ2) is 9.50. The third kappa shape index (κ3) is 5.31. The van der Waals surface area contributed by atoms with Gasteiger partial charge in [-0.3, -0.25) is 9.59 Å². The highest BCUT2D eigenvalue weighted by atomic mass is 35.5. The van der Waals surface area contributed by atoms with E-state index in [-0.39, 0.29) is 29.9 Å². The Morgan fingerprint density at radius 3 is 2.79 bits per heavy atom. The molecule has 0 aliphatic carbocycles. The fraction of sp³-hybridized carbons (Fsp3) is 0.190. The molecular weight excluding hydrogens is 410 g/mol. The molecule has 29 heavy (non-hydrogen) atoms. The first-order valence-corrected chi connectivity index (χ1v) is 10.1. The third-order valence-electron chi connectivity index (χ3n) is 4.33. The minimum Gasteiger partial charge on any atom is -0.497 e. The number of carbonyl (C=O) groups is 2. The maximum Gasteiger partial charge on any atom is 0.234 e. The first-order chi connectivity index (χ1) is 14.0. The van der Waals surface area contributed by atoms with Crippen molar-refractivity contribution < 1.29 is 14.3 Å². The summed E-state index contributed by atoms with van der Waals surface area (Å²) in [6.07, 6.45) is 0.171. The normalized spacial score (nSPS) is 16.0. The molecule has 2 aromatic rings. The lowest BCUT2D eigenvalue weighted by molar-refractivity contribution is -0.121. The second-order valence-electron chi connectivity index (χ2n) is 6.28. The molecule has 6 nitrogen and oxygen atoms in total. The highest BCUT2D eigenvalue weighted by molar-refractivity contribution is 8.03. The summed E-state index contributed by atoms with van der Waals surface area (Å²) in [5, 5.41) is 16.2. The Morgan fingerprint density at radius 1 is 1.34 bits per heavy atom. The number of nitrogens with zero attached hydrogens (tertiary/aromatic N) is 1. The number of carbonyl (C=O) groups excluding carboxylic acids is 2. The van der Waals surface area contributed by atoms with Crippen molar-refractivity contribution in [2.75, 3.05) is 18.2 Å². The van der Waals surface area contributed by atoms with Crippen LogP contribution in [0.2, 0.25) is 5.02 Å². The highest BCUT2D eigenvalue weighted by Crippen LogP contribution is 2.36. The lowest BCUT2D eigenvalue weighted by Crippen LogP contribution is -2.31. The van der Waals surface area contributed by atoms with Crippen LogP contribution in [-0.4, -0.2) is 24.7 Å². The maximum atomic E-state index is 12.3. The van der Waals surface area contributed by atoms with Crippen molar-refractivity contribution in [2.24, 2.45) is 0 Å². The van der Waals surface area contributed by atoms with Gasteiger partial charge in [0.2, 0.25) is 11.8 Å². The Balaban J connectivity index is 1.73. The van der Waals surface area contributed by atoms with E-state index in [4.69, 9.17) is 16.3 Å². The van der Waals surface area contributed by atoms with Crippen LogP contribution in [0.25, 0.3) is 0 Å². The van der Waals surface area contributed by atoms with Gasteiger partial charge in [0.1, 0.15) is 5.75 Å². The average Bonchev–Trinajstić information content (AvgIpc) is 2.72. The zero-order valence-electron chi connectivity index (χ0n) is 15.6. The molecule has 2 N–H and O–H groups in total.